The first-order valence-corrected chi connectivity index (χ1v) is 7.61. The normalized spacial score (nSPS) is 36.8. The minimum absolute atomic E-state index is 0.193. The Hall–Kier alpha value is -0.380. The summed E-state index contributed by atoms with van der Waals surface area (Å²) in [4.78, 5) is 2.65. The van der Waals surface area contributed by atoms with Gasteiger partial charge < -0.3 is 5.11 Å². The van der Waals surface area contributed by atoms with Crippen LogP contribution >= 0.6 is 11.3 Å². The molecule has 0 aromatic carbocycles. The number of hydrogen-bond acceptors (Lipinski definition) is 3. The number of hydrogen-bond donors (Lipinski definition) is 1. The molecule has 1 N–H and O–H groups in total. The van der Waals surface area contributed by atoms with E-state index in [4.69, 9.17) is 0 Å². The van der Waals surface area contributed by atoms with Crippen LogP contribution in [0.2, 0.25) is 0 Å². The Kier molecular flexibility index (Phi) is 3.01. The molecule has 3 rings (SSSR count). The largest absolute Gasteiger partial charge is 0.396 e. The van der Waals surface area contributed by atoms with E-state index in [0.29, 0.717) is 18.7 Å². The third-order valence-corrected chi connectivity index (χ3v) is 5.69. The molecular formula is C14H21NOS. The third-order valence-electron chi connectivity index (χ3n) is 4.96. The highest BCUT2D eigenvalue weighted by molar-refractivity contribution is 7.07. The number of rotatable bonds is 4. The Morgan fingerprint density at radius 2 is 2.41 bits per heavy atom. The van der Waals surface area contributed by atoms with E-state index in [0.717, 1.165) is 13.0 Å². The molecular weight excluding hydrogens is 230 g/mol. The molecule has 2 aliphatic heterocycles. The molecule has 2 saturated heterocycles. The van der Waals surface area contributed by atoms with Crippen molar-refractivity contribution in [2.45, 2.75) is 51.2 Å². The molecule has 17 heavy (non-hydrogen) atoms. The summed E-state index contributed by atoms with van der Waals surface area (Å²) in [6.07, 6.45) is 4.93. The zero-order chi connectivity index (χ0) is 11.9. The maximum absolute atomic E-state index is 9.76. The van der Waals surface area contributed by atoms with Crippen LogP contribution in [-0.4, -0.2) is 28.7 Å². The monoisotopic (exact) mass is 251 g/mol. The predicted molar refractivity (Wildman–Crippen MR) is 71.1 cm³/mol. The summed E-state index contributed by atoms with van der Waals surface area (Å²) < 4.78 is 0. The molecule has 3 heterocycles. The standard InChI is InChI=1S/C14H21NOS/c1-2-14(10-16)7-12-3-4-13(14)15(12)8-11-5-6-17-9-11/h5-6,9,12-13,16H,2-4,7-8,10H2,1H3/t12-,13+,14-/m0/s1. The second-order valence-electron chi connectivity index (χ2n) is 5.63. The van der Waals surface area contributed by atoms with E-state index in [1.807, 2.05) is 0 Å². The molecule has 0 spiro atoms. The van der Waals surface area contributed by atoms with E-state index < -0.39 is 0 Å². The van der Waals surface area contributed by atoms with Crippen molar-refractivity contribution in [2.24, 2.45) is 5.41 Å². The van der Waals surface area contributed by atoms with Crippen LogP contribution in [-0.2, 0) is 6.54 Å². The van der Waals surface area contributed by atoms with Crippen molar-refractivity contribution >= 4 is 11.3 Å². The molecule has 0 aliphatic carbocycles. The molecule has 0 amide bonds. The molecule has 1 aromatic rings. The second kappa shape index (κ2) is 4.38. The van der Waals surface area contributed by atoms with Crippen molar-refractivity contribution in [3.8, 4) is 0 Å². The van der Waals surface area contributed by atoms with Gasteiger partial charge in [0.05, 0.1) is 6.61 Å². The summed E-state index contributed by atoms with van der Waals surface area (Å²) in [5.41, 5.74) is 1.63. The van der Waals surface area contributed by atoms with Gasteiger partial charge in [0, 0.05) is 24.0 Å². The van der Waals surface area contributed by atoms with E-state index in [1.165, 1.54) is 24.8 Å². The summed E-state index contributed by atoms with van der Waals surface area (Å²) in [5, 5.41) is 14.2. The number of aliphatic hydroxyl groups is 1. The van der Waals surface area contributed by atoms with Gasteiger partial charge in [-0.1, -0.05) is 6.92 Å². The van der Waals surface area contributed by atoms with Gasteiger partial charge in [-0.2, -0.15) is 11.3 Å². The highest BCUT2D eigenvalue weighted by Crippen LogP contribution is 2.51. The molecule has 3 heteroatoms. The van der Waals surface area contributed by atoms with Crippen molar-refractivity contribution in [2.75, 3.05) is 6.61 Å². The fourth-order valence-corrected chi connectivity index (χ4v) is 4.57. The fraction of sp³-hybridized carbons (Fsp3) is 0.714. The maximum atomic E-state index is 9.76. The van der Waals surface area contributed by atoms with Crippen LogP contribution in [0.1, 0.15) is 38.2 Å². The zero-order valence-electron chi connectivity index (χ0n) is 10.4. The minimum atomic E-state index is 0.193. The summed E-state index contributed by atoms with van der Waals surface area (Å²) in [5.74, 6) is 0. The number of nitrogens with zero attached hydrogens (tertiary/aromatic N) is 1. The van der Waals surface area contributed by atoms with Crippen molar-refractivity contribution in [1.29, 1.82) is 0 Å². The van der Waals surface area contributed by atoms with Gasteiger partial charge in [0.1, 0.15) is 0 Å². The Morgan fingerprint density at radius 1 is 1.53 bits per heavy atom. The van der Waals surface area contributed by atoms with E-state index >= 15 is 0 Å². The maximum Gasteiger partial charge on any atom is 0.0502 e. The Balaban J connectivity index is 1.79. The molecule has 0 saturated carbocycles. The van der Waals surface area contributed by atoms with Gasteiger partial charge in [0.2, 0.25) is 0 Å². The quantitative estimate of drug-likeness (QED) is 0.889. The first-order chi connectivity index (χ1) is 8.29. The van der Waals surface area contributed by atoms with Crippen LogP contribution in [0.15, 0.2) is 16.8 Å². The van der Waals surface area contributed by atoms with Gasteiger partial charge >= 0.3 is 0 Å². The molecule has 2 nitrogen and oxygen atoms in total. The number of fused-ring (bicyclic) bond motifs is 2. The highest BCUT2D eigenvalue weighted by atomic mass is 32.1. The summed E-state index contributed by atoms with van der Waals surface area (Å²) in [6, 6.07) is 3.56. The average Bonchev–Trinajstić information content (AvgIpc) is 3.06. The Bertz CT molecular complexity index is 372. The topological polar surface area (TPSA) is 23.5 Å². The number of thiophene rings is 1. The molecule has 94 valence electrons. The first kappa shape index (κ1) is 11.7. The molecule has 2 fully saturated rings. The molecule has 3 atom stereocenters. The van der Waals surface area contributed by atoms with E-state index in [-0.39, 0.29) is 5.41 Å². The van der Waals surface area contributed by atoms with Crippen molar-refractivity contribution in [3.63, 3.8) is 0 Å². The Morgan fingerprint density at radius 3 is 3.00 bits per heavy atom. The minimum Gasteiger partial charge on any atom is -0.396 e. The van der Waals surface area contributed by atoms with Crippen LogP contribution in [0.25, 0.3) is 0 Å². The summed E-state index contributed by atoms with van der Waals surface area (Å²) in [7, 11) is 0. The summed E-state index contributed by atoms with van der Waals surface area (Å²) >= 11 is 1.78. The van der Waals surface area contributed by atoms with Gasteiger partial charge in [0.25, 0.3) is 0 Å². The molecule has 0 unspecified atom stereocenters. The van der Waals surface area contributed by atoms with Crippen LogP contribution < -0.4 is 0 Å². The molecule has 2 bridgehead atoms. The third kappa shape index (κ3) is 1.76. The number of aliphatic hydroxyl groups excluding tert-OH is 1. The van der Waals surface area contributed by atoms with Gasteiger partial charge in [-0.25, -0.2) is 0 Å². The average molecular weight is 251 g/mol. The van der Waals surface area contributed by atoms with Gasteiger partial charge in [-0.15, -0.1) is 0 Å². The van der Waals surface area contributed by atoms with Gasteiger partial charge in [-0.05, 0) is 48.1 Å². The SMILES string of the molecule is CC[C@@]1(CO)C[C@@H]2CC[C@H]1N2Cc1ccsc1. The van der Waals surface area contributed by atoms with Crippen molar-refractivity contribution < 1.29 is 5.11 Å². The van der Waals surface area contributed by atoms with E-state index in [2.05, 4.69) is 28.7 Å². The highest BCUT2D eigenvalue weighted by Gasteiger charge is 2.54. The lowest BCUT2D eigenvalue weighted by Crippen LogP contribution is -2.39. The molecule has 0 radical (unpaired) electrons. The first-order valence-electron chi connectivity index (χ1n) is 6.67. The zero-order valence-corrected chi connectivity index (χ0v) is 11.2. The van der Waals surface area contributed by atoms with Crippen LogP contribution in [0.5, 0.6) is 0 Å². The van der Waals surface area contributed by atoms with Crippen LogP contribution in [0.3, 0.4) is 0 Å². The van der Waals surface area contributed by atoms with Crippen LogP contribution in [0.4, 0.5) is 0 Å². The predicted octanol–water partition coefficient (Wildman–Crippen LogP) is 2.87. The fourth-order valence-electron chi connectivity index (χ4n) is 3.91. The summed E-state index contributed by atoms with van der Waals surface area (Å²) in [6.45, 7) is 3.69. The van der Waals surface area contributed by atoms with Crippen LogP contribution in [0, 0.1) is 5.41 Å². The van der Waals surface area contributed by atoms with Crippen molar-refractivity contribution in [3.05, 3.63) is 22.4 Å². The smallest absolute Gasteiger partial charge is 0.0502 e. The molecule has 2 aliphatic rings. The Labute approximate surface area is 107 Å². The van der Waals surface area contributed by atoms with Crippen molar-refractivity contribution in [1.82, 2.24) is 4.90 Å². The lowest BCUT2D eigenvalue weighted by molar-refractivity contribution is 0.0714. The lowest BCUT2D eigenvalue weighted by Gasteiger charge is -2.35. The van der Waals surface area contributed by atoms with Gasteiger partial charge in [0.15, 0.2) is 0 Å². The van der Waals surface area contributed by atoms with E-state index in [9.17, 15) is 5.11 Å². The van der Waals surface area contributed by atoms with Gasteiger partial charge in [-0.3, -0.25) is 4.90 Å². The van der Waals surface area contributed by atoms with E-state index in [1.54, 1.807) is 11.3 Å². The lowest BCUT2D eigenvalue weighted by atomic mass is 9.72. The molecule has 1 aromatic heterocycles. The second-order valence-corrected chi connectivity index (χ2v) is 6.41.